The maximum atomic E-state index is 12.4. The first-order chi connectivity index (χ1) is 7.32. The minimum atomic E-state index is -4.64. The molecule has 1 heterocycles. The van der Waals surface area contributed by atoms with E-state index in [-0.39, 0.29) is 17.8 Å². The van der Waals surface area contributed by atoms with E-state index in [4.69, 9.17) is 10.6 Å². The first-order valence-corrected chi connectivity index (χ1v) is 4.42. The van der Waals surface area contributed by atoms with Crippen LogP contribution in [0.15, 0.2) is 6.07 Å². The number of aromatic nitrogens is 2. The summed E-state index contributed by atoms with van der Waals surface area (Å²) in [5.41, 5.74) is 2.02. The van der Waals surface area contributed by atoms with E-state index in [9.17, 15) is 13.2 Å². The second-order valence-electron chi connectivity index (χ2n) is 3.22. The standard InChI is InChI=1S/C8H11F3N4O/c1-4(2)16-6-3-5(15-12)13-7(14-6)8(9,10)11/h3-4H,12H2,1-2H3,(H,13,14,15). The number of nitrogen functional groups attached to an aromatic ring is 1. The lowest BCUT2D eigenvalue weighted by Crippen LogP contribution is -2.17. The van der Waals surface area contributed by atoms with Gasteiger partial charge in [-0.15, -0.1) is 0 Å². The van der Waals surface area contributed by atoms with Crippen molar-refractivity contribution in [3.8, 4) is 5.88 Å². The average Bonchev–Trinajstić information content (AvgIpc) is 2.14. The van der Waals surface area contributed by atoms with Crippen LogP contribution in [0.1, 0.15) is 19.7 Å². The lowest BCUT2D eigenvalue weighted by atomic mass is 10.4. The maximum Gasteiger partial charge on any atom is 0.451 e. The van der Waals surface area contributed by atoms with Gasteiger partial charge in [0.15, 0.2) is 0 Å². The van der Waals surface area contributed by atoms with Crippen LogP contribution in [0.2, 0.25) is 0 Å². The first-order valence-electron chi connectivity index (χ1n) is 4.42. The topological polar surface area (TPSA) is 73.1 Å². The predicted molar refractivity (Wildman–Crippen MR) is 50.6 cm³/mol. The third-order valence-electron chi connectivity index (χ3n) is 1.46. The van der Waals surface area contributed by atoms with Crippen molar-refractivity contribution in [2.24, 2.45) is 5.84 Å². The van der Waals surface area contributed by atoms with Crippen molar-refractivity contribution >= 4 is 5.82 Å². The molecule has 5 nitrogen and oxygen atoms in total. The Morgan fingerprint density at radius 2 is 2.00 bits per heavy atom. The lowest BCUT2D eigenvalue weighted by molar-refractivity contribution is -0.145. The Bertz CT molecular complexity index is 367. The van der Waals surface area contributed by atoms with Crippen LogP contribution in [0.4, 0.5) is 19.0 Å². The average molecular weight is 236 g/mol. The minimum Gasteiger partial charge on any atom is -0.475 e. The zero-order valence-corrected chi connectivity index (χ0v) is 8.67. The number of nitrogens with two attached hydrogens (primary N) is 1. The molecule has 0 aliphatic heterocycles. The van der Waals surface area contributed by atoms with E-state index in [1.165, 1.54) is 6.07 Å². The zero-order chi connectivity index (χ0) is 12.3. The number of nitrogens with one attached hydrogen (secondary N) is 1. The van der Waals surface area contributed by atoms with Gasteiger partial charge in [0.1, 0.15) is 5.82 Å². The number of nitrogens with zero attached hydrogens (tertiary/aromatic N) is 2. The third-order valence-corrected chi connectivity index (χ3v) is 1.46. The molecule has 1 rings (SSSR count). The molecule has 0 aliphatic rings. The molecule has 0 unspecified atom stereocenters. The summed E-state index contributed by atoms with van der Waals surface area (Å²) in [6.07, 6.45) is -4.93. The van der Waals surface area contributed by atoms with Gasteiger partial charge in [-0.3, -0.25) is 0 Å². The van der Waals surface area contributed by atoms with E-state index in [1.54, 1.807) is 13.8 Å². The van der Waals surface area contributed by atoms with Gasteiger partial charge < -0.3 is 10.2 Å². The Morgan fingerprint density at radius 1 is 1.38 bits per heavy atom. The second-order valence-corrected chi connectivity index (χ2v) is 3.22. The molecular weight excluding hydrogens is 225 g/mol. The smallest absolute Gasteiger partial charge is 0.451 e. The monoisotopic (exact) mass is 236 g/mol. The van der Waals surface area contributed by atoms with Crippen molar-refractivity contribution in [3.05, 3.63) is 11.9 Å². The normalized spacial score (nSPS) is 11.7. The molecular formula is C8H11F3N4O. The molecule has 0 radical (unpaired) electrons. The van der Waals surface area contributed by atoms with Gasteiger partial charge >= 0.3 is 6.18 Å². The SMILES string of the molecule is CC(C)Oc1cc(NN)nc(C(F)(F)F)n1. The zero-order valence-electron chi connectivity index (χ0n) is 8.67. The Balaban J connectivity index is 3.11. The summed E-state index contributed by atoms with van der Waals surface area (Å²) >= 11 is 0. The van der Waals surface area contributed by atoms with Gasteiger partial charge in [0.05, 0.1) is 6.10 Å². The number of hydrazine groups is 1. The summed E-state index contributed by atoms with van der Waals surface area (Å²) in [5, 5.41) is 0. The first kappa shape index (κ1) is 12.5. The van der Waals surface area contributed by atoms with E-state index >= 15 is 0 Å². The molecule has 0 atom stereocenters. The van der Waals surface area contributed by atoms with E-state index < -0.39 is 12.0 Å². The molecule has 90 valence electrons. The Hall–Kier alpha value is -1.57. The molecule has 0 aromatic carbocycles. The predicted octanol–water partition coefficient (Wildman–Crippen LogP) is 1.57. The number of alkyl halides is 3. The third kappa shape index (κ3) is 3.23. The van der Waals surface area contributed by atoms with E-state index in [0.717, 1.165) is 0 Å². The highest BCUT2D eigenvalue weighted by Gasteiger charge is 2.35. The minimum absolute atomic E-state index is 0.155. The van der Waals surface area contributed by atoms with Crippen LogP contribution in [0.5, 0.6) is 5.88 Å². The summed E-state index contributed by atoms with van der Waals surface area (Å²) < 4.78 is 42.2. The van der Waals surface area contributed by atoms with Crippen LogP contribution < -0.4 is 16.0 Å². The molecule has 0 saturated carbocycles. The fourth-order valence-corrected chi connectivity index (χ4v) is 0.928. The number of hydrogen-bond donors (Lipinski definition) is 2. The van der Waals surface area contributed by atoms with Crippen LogP contribution in [0, 0.1) is 0 Å². The quantitative estimate of drug-likeness (QED) is 0.615. The molecule has 0 fully saturated rings. The van der Waals surface area contributed by atoms with Crippen LogP contribution in [-0.2, 0) is 6.18 Å². The van der Waals surface area contributed by atoms with E-state index in [1.807, 2.05) is 5.43 Å². The van der Waals surface area contributed by atoms with Gasteiger partial charge in [0.2, 0.25) is 11.7 Å². The van der Waals surface area contributed by atoms with Crippen molar-refractivity contribution in [2.75, 3.05) is 5.43 Å². The van der Waals surface area contributed by atoms with Crippen LogP contribution >= 0.6 is 0 Å². The number of ether oxygens (including phenoxy) is 1. The molecule has 8 heteroatoms. The number of anilines is 1. The highest BCUT2D eigenvalue weighted by molar-refractivity contribution is 5.37. The molecule has 0 spiro atoms. The van der Waals surface area contributed by atoms with Gasteiger partial charge in [-0.2, -0.15) is 18.2 Å². The molecule has 0 saturated heterocycles. The highest BCUT2D eigenvalue weighted by Crippen LogP contribution is 2.28. The van der Waals surface area contributed by atoms with Gasteiger partial charge in [-0.25, -0.2) is 10.8 Å². The summed E-state index contributed by atoms with van der Waals surface area (Å²) in [6.45, 7) is 3.34. The van der Waals surface area contributed by atoms with Gasteiger partial charge in [0, 0.05) is 6.07 Å². The summed E-state index contributed by atoms with van der Waals surface area (Å²) in [4.78, 5) is 6.42. The van der Waals surface area contributed by atoms with Crippen LogP contribution in [-0.4, -0.2) is 16.1 Å². The van der Waals surface area contributed by atoms with E-state index in [2.05, 4.69) is 9.97 Å². The van der Waals surface area contributed by atoms with Crippen molar-refractivity contribution in [1.29, 1.82) is 0 Å². The highest BCUT2D eigenvalue weighted by atomic mass is 19.4. The summed E-state index contributed by atoms with van der Waals surface area (Å²) in [5.74, 6) is 3.38. The molecule has 0 amide bonds. The van der Waals surface area contributed by atoms with Crippen LogP contribution in [0.3, 0.4) is 0 Å². The Kier molecular flexibility index (Phi) is 3.53. The summed E-state index contributed by atoms with van der Waals surface area (Å²) in [7, 11) is 0. The molecule has 16 heavy (non-hydrogen) atoms. The number of hydrogen-bond acceptors (Lipinski definition) is 5. The van der Waals surface area contributed by atoms with Gasteiger partial charge in [-0.05, 0) is 13.8 Å². The Morgan fingerprint density at radius 3 is 2.44 bits per heavy atom. The molecule has 1 aromatic heterocycles. The fourth-order valence-electron chi connectivity index (χ4n) is 0.928. The van der Waals surface area contributed by atoms with Crippen molar-refractivity contribution in [2.45, 2.75) is 26.1 Å². The largest absolute Gasteiger partial charge is 0.475 e. The Labute approximate surface area is 89.8 Å². The number of halogens is 3. The van der Waals surface area contributed by atoms with Crippen molar-refractivity contribution in [1.82, 2.24) is 9.97 Å². The van der Waals surface area contributed by atoms with Gasteiger partial charge in [0.25, 0.3) is 0 Å². The molecule has 3 N–H and O–H groups in total. The number of rotatable bonds is 3. The van der Waals surface area contributed by atoms with Crippen molar-refractivity contribution in [3.63, 3.8) is 0 Å². The fraction of sp³-hybridized carbons (Fsp3) is 0.500. The lowest BCUT2D eigenvalue weighted by Gasteiger charge is -2.12. The van der Waals surface area contributed by atoms with Gasteiger partial charge in [-0.1, -0.05) is 0 Å². The second kappa shape index (κ2) is 4.52. The molecule has 0 aliphatic carbocycles. The molecule has 1 aromatic rings. The van der Waals surface area contributed by atoms with Crippen molar-refractivity contribution < 1.29 is 17.9 Å². The maximum absolute atomic E-state index is 12.4. The summed E-state index contributed by atoms with van der Waals surface area (Å²) in [6, 6.07) is 1.19. The van der Waals surface area contributed by atoms with E-state index in [0.29, 0.717) is 0 Å². The van der Waals surface area contributed by atoms with Crippen LogP contribution in [0.25, 0.3) is 0 Å². The molecule has 0 bridgehead atoms.